The summed E-state index contributed by atoms with van der Waals surface area (Å²) in [6, 6.07) is 24.9. The zero-order valence-electron chi connectivity index (χ0n) is 17.3. The number of benzene rings is 3. The van der Waals surface area contributed by atoms with Gasteiger partial charge in [0, 0.05) is 49.9 Å². The lowest BCUT2D eigenvalue weighted by molar-refractivity contribution is 0.0910. The SMILES string of the molecule is Cc1ccc(C(=O)C[C@H](c2ccccc2)N2CCN(c3ccc(F)cc3)CC2)cc1. The number of anilines is 1. The van der Waals surface area contributed by atoms with Crippen molar-refractivity contribution in [2.75, 3.05) is 31.1 Å². The maximum atomic E-state index is 13.2. The highest BCUT2D eigenvalue weighted by Crippen LogP contribution is 2.28. The fraction of sp³-hybridized carbons (Fsp3) is 0.269. The minimum absolute atomic E-state index is 0.0513. The van der Waals surface area contributed by atoms with E-state index in [1.807, 2.05) is 61.5 Å². The van der Waals surface area contributed by atoms with Crippen LogP contribution < -0.4 is 4.90 Å². The highest BCUT2D eigenvalue weighted by molar-refractivity contribution is 5.96. The van der Waals surface area contributed by atoms with E-state index in [1.165, 1.54) is 17.7 Å². The Labute approximate surface area is 177 Å². The Kier molecular flexibility index (Phi) is 6.24. The fourth-order valence-corrected chi connectivity index (χ4v) is 4.11. The van der Waals surface area contributed by atoms with Crippen molar-refractivity contribution < 1.29 is 9.18 Å². The van der Waals surface area contributed by atoms with Crippen molar-refractivity contribution in [3.63, 3.8) is 0 Å². The number of hydrogen-bond donors (Lipinski definition) is 0. The van der Waals surface area contributed by atoms with Gasteiger partial charge in [0.2, 0.25) is 0 Å². The van der Waals surface area contributed by atoms with Crippen molar-refractivity contribution in [1.82, 2.24) is 4.90 Å². The predicted molar refractivity (Wildman–Crippen MR) is 119 cm³/mol. The van der Waals surface area contributed by atoms with Gasteiger partial charge in [0.05, 0.1) is 0 Å². The molecule has 0 aliphatic carbocycles. The summed E-state index contributed by atoms with van der Waals surface area (Å²) in [4.78, 5) is 17.7. The molecule has 0 bridgehead atoms. The van der Waals surface area contributed by atoms with E-state index in [4.69, 9.17) is 0 Å². The van der Waals surface area contributed by atoms with Gasteiger partial charge in [-0.1, -0.05) is 60.2 Å². The molecule has 1 heterocycles. The molecule has 1 aliphatic rings. The quantitative estimate of drug-likeness (QED) is 0.525. The third-order valence-electron chi connectivity index (χ3n) is 5.88. The van der Waals surface area contributed by atoms with Crippen LogP contribution in [0.2, 0.25) is 0 Å². The third kappa shape index (κ3) is 4.77. The van der Waals surface area contributed by atoms with E-state index in [1.54, 1.807) is 0 Å². The van der Waals surface area contributed by atoms with Crippen LogP contribution in [0.15, 0.2) is 78.9 Å². The summed E-state index contributed by atoms with van der Waals surface area (Å²) >= 11 is 0. The first-order valence-electron chi connectivity index (χ1n) is 10.5. The summed E-state index contributed by atoms with van der Waals surface area (Å²) in [6.45, 7) is 5.46. The lowest BCUT2D eigenvalue weighted by Gasteiger charge is -2.40. The Balaban J connectivity index is 1.49. The topological polar surface area (TPSA) is 23.6 Å². The molecule has 3 nitrogen and oxygen atoms in total. The summed E-state index contributed by atoms with van der Waals surface area (Å²) in [5, 5.41) is 0. The molecule has 0 saturated carbocycles. The number of nitrogens with zero attached hydrogens (tertiary/aromatic N) is 2. The Bertz CT molecular complexity index is 962. The molecular weight excluding hydrogens is 375 g/mol. The van der Waals surface area contributed by atoms with Gasteiger partial charge < -0.3 is 4.90 Å². The van der Waals surface area contributed by atoms with Gasteiger partial charge in [0.15, 0.2) is 5.78 Å². The first-order valence-corrected chi connectivity index (χ1v) is 10.5. The molecule has 0 spiro atoms. The Morgan fingerprint density at radius 2 is 1.50 bits per heavy atom. The Morgan fingerprint density at radius 3 is 2.13 bits per heavy atom. The van der Waals surface area contributed by atoms with Crippen LogP contribution in [0.25, 0.3) is 0 Å². The van der Waals surface area contributed by atoms with Gasteiger partial charge in [-0.2, -0.15) is 0 Å². The Hall–Kier alpha value is -2.98. The maximum Gasteiger partial charge on any atom is 0.164 e. The number of hydrogen-bond acceptors (Lipinski definition) is 3. The molecule has 4 heteroatoms. The van der Waals surface area contributed by atoms with Gasteiger partial charge >= 0.3 is 0 Å². The van der Waals surface area contributed by atoms with Gasteiger partial charge in [-0.05, 0) is 36.8 Å². The van der Waals surface area contributed by atoms with Crippen LogP contribution in [0.5, 0.6) is 0 Å². The number of piperazine rings is 1. The van der Waals surface area contributed by atoms with E-state index in [0.29, 0.717) is 6.42 Å². The van der Waals surface area contributed by atoms with Crippen molar-refractivity contribution in [3.05, 3.63) is 101 Å². The number of halogens is 1. The molecule has 30 heavy (non-hydrogen) atoms. The van der Waals surface area contributed by atoms with Crippen LogP contribution in [0, 0.1) is 12.7 Å². The fourth-order valence-electron chi connectivity index (χ4n) is 4.11. The predicted octanol–water partition coefficient (Wildman–Crippen LogP) is 5.27. The monoisotopic (exact) mass is 402 g/mol. The summed E-state index contributed by atoms with van der Waals surface area (Å²) in [5.74, 6) is -0.0408. The van der Waals surface area contributed by atoms with Gasteiger partial charge in [0.1, 0.15) is 5.82 Å². The minimum atomic E-state index is -0.212. The van der Waals surface area contributed by atoms with Gasteiger partial charge in [-0.3, -0.25) is 9.69 Å². The maximum absolute atomic E-state index is 13.2. The average Bonchev–Trinajstić information content (AvgIpc) is 2.79. The van der Waals surface area contributed by atoms with Gasteiger partial charge in [-0.15, -0.1) is 0 Å². The zero-order chi connectivity index (χ0) is 20.9. The molecule has 3 aromatic carbocycles. The summed E-state index contributed by atoms with van der Waals surface area (Å²) in [7, 11) is 0. The first kappa shape index (κ1) is 20.3. The van der Waals surface area contributed by atoms with Gasteiger partial charge in [0.25, 0.3) is 0 Å². The van der Waals surface area contributed by atoms with Crippen LogP contribution >= 0.6 is 0 Å². The van der Waals surface area contributed by atoms with E-state index >= 15 is 0 Å². The molecule has 1 atom stereocenters. The van der Waals surface area contributed by atoms with Gasteiger partial charge in [-0.25, -0.2) is 4.39 Å². The lowest BCUT2D eigenvalue weighted by Crippen LogP contribution is -2.48. The largest absolute Gasteiger partial charge is 0.369 e. The first-order chi connectivity index (χ1) is 14.6. The molecule has 1 fully saturated rings. The van der Waals surface area contributed by atoms with Crippen LogP contribution in [0.1, 0.15) is 33.9 Å². The van der Waals surface area contributed by atoms with Crippen molar-refractivity contribution in [1.29, 1.82) is 0 Å². The standard InChI is InChI=1S/C26H27FN2O/c1-20-7-9-22(10-8-20)26(30)19-25(21-5-3-2-4-6-21)29-17-15-28(16-18-29)24-13-11-23(27)12-14-24/h2-14,25H,15-19H2,1H3/t25-/m1/s1. The molecule has 1 saturated heterocycles. The molecule has 154 valence electrons. The summed E-state index contributed by atoms with van der Waals surface area (Å²) in [5.41, 5.74) is 4.14. The number of ketones is 1. The molecule has 4 rings (SSSR count). The highest BCUT2D eigenvalue weighted by Gasteiger charge is 2.27. The van der Waals surface area contributed by atoms with Crippen LogP contribution in [-0.2, 0) is 0 Å². The number of aryl methyl sites for hydroxylation is 1. The Morgan fingerprint density at radius 1 is 0.867 bits per heavy atom. The number of carbonyl (C=O) groups excluding carboxylic acids is 1. The number of Topliss-reactive ketones (excluding diaryl/α,β-unsaturated/α-hetero) is 1. The van der Waals surface area contributed by atoms with Crippen molar-refractivity contribution >= 4 is 11.5 Å². The second-order valence-corrected chi connectivity index (χ2v) is 7.92. The summed E-state index contributed by atoms with van der Waals surface area (Å²) < 4.78 is 13.2. The third-order valence-corrected chi connectivity index (χ3v) is 5.88. The molecule has 0 radical (unpaired) electrons. The molecule has 0 unspecified atom stereocenters. The normalized spacial score (nSPS) is 15.7. The highest BCUT2D eigenvalue weighted by atomic mass is 19.1. The lowest BCUT2D eigenvalue weighted by atomic mass is 9.95. The van der Waals surface area contributed by atoms with Crippen LogP contribution in [-0.4, -0.2) is 36.9 Å². The van der Waals surface area contributed by atoms with E-state index in [-0.39, 0.29) is 17.6 Å². The van der Waals surface area contributed by atoms with E-state index in [9.17, 15) is 9.18 Å². The van der Waals surface area contributed by atoms with Crippen LogP contribution in [0.4, 0.5) is 10.1 Å². The van der Waals surface area contributed by atoms with Crippen molar-refractivity contribution in [2.45, 2.75) is 19.4 Å². The molecule has 0 aromatic heterocycles. The zero-order valence-corrected chi connectivity index (χ0v) is 17.3. The summed E-state index contributed by atoms with van der Waals surface area (Å²) in [6.07, 6.45) is 0.462. The molecule has 0 amide bonds. The smallest absolute Gasteiger partial charge is 0.164 e. The van der Waals surface area contributed by atoms with Crippen molar-refractivity contribution in [3.8, 4) is 0 Å². The second kappa shape index (κ2) is 9.23. The van der Waals surface area contributed by atoms with E-state index < -0.39 is 0 Å². The number of rotatable bonds is 6. The number of carbonyl (C=O) groups is 1. The van der Waals surface area contributed by atoms with Crippen LogP contribution in [0.3, 0.4) is 0 Å². The molecule has 0 N–H and O–H groups in total. The molecule has 3 aromatic rings. The van der Waals surface area contributed by atoms with E-state index in [0.717, 1.165) is 43.0 Å². The second-order valence-electron chi connectivity index (χ2n) is 7.92. The molecule has 1 aliphatic heterocycles. The minimum Gasteiger partial charge on any atom is -0.369 e. The average molecular weight is 403 g/mol. The van der Waals surface area contributed by atoms with Crippen molar-refractivity contribution in [2.24, 2.45) is 0 Å². The van der Waals surface area contributed by atoms with E-state index in [2.05, 4.69) is 21.9 Å². The molecular formula is C26H27FN2O.